The average Bonchev–Trinajstić information content (AvgIpc) is 2.72. The van der Waals surface area contributed by atoms with Crippen LogP contribution in [0.15, 0.2) is 24.5 Å². The molecular weight excluding hydrogens is 247 g/mol. The third-order valence-corrected chi connectivity index (χ3v) is 2.11. The van der Waals surface area contributed by atoms with Crippen LogP contribution in [0.1, 0.15) is 11.5 Å². The van der Waals surface area contributed by atoms with Crippen LogP contribution < -0.4 is 5.32 Å². The molecule has 0 unspecified atom stereocenters. The summed E-state index contributed by atoms with van der Waals surface area (Å²) in [6.07, 6.45) is -2.93. The predicted molar refractivity (Wildman–Crippen MR) is 57.6 cm³/mol. The summed E-state index contributed by atoms with van der Waals surface area (Å²) in [6.45, 7) is 0.217. The molecule has 0 aliphatic rings. The Hall–Kier alpha value is -2.12. The predicted octanol–water partition coefficient (Wildman–Crippen LogP) is 1.84. The van der Waals surface area contributed by atoms with Gasteiger partial charge in [0.1, 0.15) is 17.8 Å². The van der Waals surface area contributed by atoms with Crippen molar-refractivity contribution in [2.75, 3.05) is 5.32 Å². The highest BCUT2D eigenvalue weighted by molar-refractivity contribution is 5.35. The Morgan fingerprint density at radius 3 is 2.72 bits per heavy atom. The van der Waals surface area contributed by atoms with E-state index in [1.807, 2.05) is 0 Å². The molecule has 0 fully saturated rings. The number of alkyl halides is 3. The lowest BCUT2D eigenvalue weighted by Gasteiger charge is -2.08. The van der Waals surface area contributed by atoms with Gasteiger partial charge in [-0.25, -0.2) is 9.97 Å². The summed E-state index contributed by atoms with van der Waals surface area (Å²) in [5, 5.41) is 6.73. The standard InChI is InChI=1S/C10H10F3N5/c1-18-6-15-9(17-18)5-14-8-4-2-3-7(16-8)10(11,12)13/h2-4,6H,5H2,1H3,(H,14,16). The van der Waals surface area contributed by atoms with Crippen molar-refractivity contribution < 1.29 is 13.2 Å². The maximum absolute atomic E-state index is 12.4. The Balaban J connectivity index is 2.06. The molecule has 0 saturated heterocycles. The summed E-state index contributed by atoms with van der Waals surface area (Å²) in [6, 6.07) is 3.67. The molecule has 0 atom stereocenters. The molecule has 0 aliphatic heterocycles. The number of rotatable bonds is 3. The topological polar surface area (TPSA) is 55.6 Å². The van der Waals surface area contributed by atoms with E-state index in [4.69, 9.17) is 0 Å². The SMILES string of the molecule is Cn1cnc(CNc2cccc(C(F)(F)F)n2)n1. The van der Waals surface area contributed by atoms with E-state index in [0.717, 1.165) is 6.07 Å². The first-order chi connectivity index (χ1) is 8.45. The Labute approximate surface area is 101 Å². The van der Waals surface area contributed by atoms with Gasteiger partial charge in [-0.1, -0.05) is 6.07 Å². The molecule has 0 spiro atoms. The van der Waals surface area contributed by atoms with Gasteiger partial charge in [-0.3, -0.25) is 4.68 Å². The zero-order valence-electron chi connectivity index (χ0n) is 9.44. The number of anilines is 1. The largest absolute Gasteiger partial charge is 0.433 e. The number of nitrogens with zero attached hydrogens (tertiary/aromatic N) is 4. The maximum Gasteiger partial charge on any atom is 0.433 e. The fourth-order valence-corrected chi connectivity index (χ4v) is 1.33. The Morgan fingerprint density at radius 1 is 1.33 bits per heavy atom. The van der Waals surface area contributed by atoms with E-state index >= 15 is 0 Å². The van der Waals surface area contributed by atoms with Gasteiger partial charge < -0.3 is 5.32 Å². The molecule has 0 aromatic carbocycles. The van der Waals surface area contributed by atoms with Gasteiger partial charge in [-0.05, 0) is 12.1 Å². The van der Waals surface area contributed by atoms with E-state index in [1.165, 1.54) is 23.1 Å². The van der Waals surface area contributed by atoms with E-state index in [0.29, 0.717) is 5.82 Å². The van der Waals surface area contributed by atoms with Gasteiger partial charge in [0.05, 0.1) is 6.54 Å². The number of halogens is 3. The monoisotopic (exact) mass is 257 g/mol. The minimum Gasteiger partial charge on any atom is -0.363 e. The fraction of sp³-hybridized carbons (Fsp3) is 0.300. The van der Waals surface area contributed by atoms with Crippen LogP contribution in [0.4, 0.5) is 19.0 Å². The molecule has 8 heteroatoms. The molecule has 0 radical (unpaired) electrons. The molecule has 0 bridgehead atoms. The minimum atomic E-state index is -4.44. The van der Waals surface area contributed by atoms with Gasteiger partial charge in [-0.2, -0.15) is 18.3 Å². The normalized spacial score (nSPS) is 11.6. The molecule has 0 saturated carbocycles. The van der Waals surface area contributed by atoms with Gasteiger partial charge in [0.2, 0.25) is 0 Å². The lowest BCUT2D eigenvalue weighted by Crippen LogP contribution is -2.10. The van der Waals surface area contributed by atoms with Gasteiger partial charge in [0.15, 0.2) is 5.82 Å². The van der Waals surface area contributed by atoms with Crippen molar-refractivity contribution in [3.05, 3.63) is 36.0 Å². The summed E-state index contributed by atoms with van der Waals surface area (Å²) in [7, 11) is 1.71. The van der Waals surface area contributed by atoms with Crippen molar-refractivity contribution in [2.24, 2.45) is 7.05 Å². The van der Waals surface area contributed by atoms with E-state index in [2.05, 4.69) is 20.4 Å². The van der Waals surface area contributed by atoms with E-state index in [1.54, 1.807) is 7.05 Å². The second-order valence-electron chi connectivity index (χ2n) is 3.59. The first-order valence-corrected chi connectivity index (χ1v) is 5.08. The quantitative estimate of drug-likeness (QED) is 0.911. The summed E-state index contributed by atoms with van der Waals surface area (Å²) in [5.74, 6) is 0.619. The second-order valence-corrected chi connectivity index (χ2v) is 3.59. The zero-order chi connectivity index (χ0) is 13.2. The Kier molecular flexibility index (Phi) is 3.17. The van der Waals surface area contributed by atoms with Crippen molar-refractivity contribution in [2.45, 2.75) is 12.7 Å². The lowest BCUT2D eigenvalue weighted by molar-refractivity contribution is -0.141. The van der Waals surface area contributed by atoms with Gasteiger partial charge >= 0.3 is 6.18 Å². The first kappa shape index (κ1) is 12.3. The smallest absolute Gasteiger partial charge is 0.363 e. The summed E-state index contributed by atoms with van der Waals surface area (Å²) in [4.78, 5) is 7.41. The number of hydrogen-bond acceptors (Lipinski definition) is 4. The molecule has 2 rings (SSSR count). The summed E-state index contributed by atoms with van der Waals surface area (Å²) < 4.78 is 38.8. The van der Waals surface area contributed by atoms with Crippen LogP contribution in [0.2, 0.25) is 0 Å². The average molecular weight is 257 g/mol. The van der Waals surface area contributed by atoms with Crippen molar-refractivity contribution >= 4 is 5.82 Å². The lowest BCUT2D eigenvalue weighted by atomic mass is 10.3. The number of aryl methyl sites for hydroxylation is 1. The van der Waals surface area contributed by atoms with Crippen LogP contribution in [0, 0.1) is 0 Å². The van der Waals surface area contributed by atoms with Gasteiger partial charge in [-0.15, -0.1) is 0 Å². The molecule has 18 heavy (non-hydrogen) atoms. The van der Waals surface area contributed by atoms with Gasteiger partial charge in [0, 0.05) is 7.05 Å². The number of aromatic nitrogens is 4. The zero-order valence-corrected chi connectivity index (χ0v) is 9.44. The Bertz CT molecular complexity index is 534. The first-order valence-electron chi connectivity index (χ1n) is 5.08. The minimum absolute atomic E-state index is 0.136. The van der Waals surface area contributed by atoms with Crippen LogP contribution in [0.3, 0.4) is 0 Å². The van der Waals surface area contributed by atoms with Crippen molar-refractivity contribution in [1.82, 2.24) is 19.7 Å². The van der Waals surface area contributed by atoms with Crippen LogP contribution in [-0.2, 0) is 19.8 Å². The molecule has 1 N–H and O–H groups in total. The third-order valence-electron chi connectivity index (χ3n) is 2.11. The highest BCUT2D eigenvalue weighted by atomic mass is 19.4. The molecule has 2 aromatic heterocycles. The van der Waals surface area contributed by atoms with E-state index in [9.17, 15) is 13.2 Å². The fourth-order valence-electron chi connectivity index (χ4n) is 1.33. The third kappa shape index (κ3) is 2.96. The van der Waals surface area contributed by atoms with Crippen LogP contribution in [-0.4, -0.2) is 19.7 Å². The number of hydrogen-bond donors (Lipinski definition) is 1. The number of nitrogens with one attached hydrogen (secondary N) is 1. The van der Waals surface area contributed by atoms with Crippen molar-refractivity contribution in [1.29, 1.82) is 0 Å². The van der Waals surface area contributed by atoms with E-state index in [-0.39, 0.29) is 12.4 Å². The highest BCUT2D eigenvalue weighted by Gasteiger charge is 2.32. The molecule has 2 aromatic rings. The van der Waals surface area contributed by atoms with Crippen LogP contribution in [0.25, 0.3) is 0 Å². The van der Waals surface area contributed by atoms with Crippen LogP contribution >= 0.6 is 0 Å². The van der Waals surface area contributed by atoms with Gasteiger partial charge in [0.25, 0.3) is 0 Å². The summed E-state index contributed by atoms with van der Waals surface area (Å²) >= 11 is 0. The van der Waals surface area contributed by atoms with E-state index < -0.39 is 11.9 Å². The molecule has 0 amide bonds. The molecule has 0 aliphatic carbocycles. The molecular formula is C10H10F3N5. The Morgan fingerprint density at radius 2 is 2.11 bits per heavy atom. The van der Waals surface area contributed by atoms with Crippen molar-refractivity contribution in [3.8, 4) is 0 Å². The summed E-state index contributed by atoms with van der Waals surface area (Å²) in [5.41, 5.74) is -0.929. The highest BCUT2D eigenvalue weighted by Crippen LogP contribution is 2.28. The molecule has 96 valence electrons. The van der Waals surface area contributed by atoms with Crippen molar-refractivity contribution in [3.63, 3.8) is 0 Å². The molecule has 5 nitrogen and oxygen atoms in total. The van der Waals surface area contributed by atoms with Crippen LogP contribution in [0.5, 0.6) is 0 Å². The second kappa shape index (κ2) is 4.63. The number of pyridine rings is 1. The maximum atomic E-state index is 12.4. The molecule has 2 heterocycles.